The predicted molar refractivity (Wildman–Crippen MR) is 178 cm³/mol. The standard InChI is InChI=1S/C34H40Cl2FN3O6S/c1-33(42,21-39-13-11-38(2)12-14-39)24-16-28-31(29(37)17-24)34(46-27-10-15-45-20-27,23-5-8-25(35)9-6-23)40(32(28)41)19-22-4-7-26(36)18-30(22)47(3,43)44/h5-9,16-18,22,27,42H,4,10-15,19-21H2,1-3H3/t22?,27-,33?,34-/m1/s1. The number of allylic oxidation sites excluding steroid dienone is 3. The molecule has 0 bridgehead atoms. The molecule has 2 aromatic rings. The number of hydrogen-bond acceptors (Lipinski definition) is 8. The van der Waals surface area contributed by atoms with Gasteiger partial charge < -0.3 is 24.4 Å². The van der Waals surface area contributed by atoms with E-state index in [0.717, 1.165) is 32.4 Å². The minimum Gasteiger partial charge on any atom is -0.384 e. The molecule has 1 amide bonds. The first-order valence-electron chi connectivity index (χ1n) is 15.8. The van der Waals surface area contributed by atoms with Gasteiger partial charge in [0.05, 0.1) is 34.3 Å². The Morgan fingerprint density at radius 2 is 1.85 bits per heavy atom. The molecule has 3 aliphatic heterocycles. The van der Waals surface area contributed by atoms with E-state index in [2.05, 4.69) is 9.80 Å². The molecule has 47 heavy (non-hydrogen) atoms. The second-order valence-corrected chi connectivity index (χ2v) is 16.1. The quantitative estimate of drug-likeness (QED) is 0.408. The van der Waals surface area contributed by atoms with Crippen LogP contribution in [0.3, 0.4) is 0 Å². The molecule has 2 fully saturated rings. The highest BCUT2D eigenvalue weighted by Crippen LogP contribution is 2.50. The summed E-state index contributed by atoms with van der Waals surface area (Å²) in [5.74, 6) is -1.94. The van der Waals surface area contributed by atoms with Crippen molar-refractivity contribution in [3.05, 3.63) is 91.6 Å². The third kappa shape index (κ3) is 6.78. The first kappa shape index (κ1) is 34.5. The molecule has 13 heteroatoms. The van der Waals surface area contributed by atoms with Crippen molar-refractivity contribution in [1.29, 1.82) is 0 Å². The number of aliphatic hydroxyl groups is 1. The molecule has 2 unspecified atom stereocenters. The van der Waals surface area contributed by atoms with E-state index >= 15 is 4.39 Å². The lowest BCUT2D eigenvalue weighted by Crippen LogP contribution is -2.51. The molecule has 9 nitrogen and oxygen atoms in total. The van der Waals surface area contributed by atoms with Crippen molar-refractivity contribution in [2.75, 3.05) is 65.8 Å². The zero-order valence-electron chi connectivity index (χ0n) is 26.7. The SMILES string of the molecule is CN1CCN(CC(C)(O)c2cc(F)c3c(c2)C(=O)N(CC2CC=C(Cl)C=C2S(C)(=O)=O)[C@@]3(O[C@@H]2CCOC2)c2ccc(Cl)cc2)CC1. The smallest absolute Gasteiger partial charge is 0.257 e. The minimum absolute atomic E-state index is 0.00476. The van der Waals surface area contributed by atoms with Crippen molar-refractivity contribution < 1.29 is 32.2 Å². The summed E-state index contributed by atoms with van der Waals surface area (Å²) in [6.07, 6.45) is 4.49. The number of sulfone groups is 1. The van der Waals surface area contributed by atoms with Gasteiger partial charge in [0.15, 0.2) is 15.6 Å². The molecule has 2 aromatic carbocycles. The van der Waals surface area contributed by atoms with Gasteiger partial charge in [-0.3, -0.25) is 9.69 Å². The van der Waals surface area contributed by atoms with Crippen LogP contribution in [-0.4, -0.2) is 106 Å². The van der Waals surface area contributed by atoms with Crippen LogP contribution in [0.15, 0.2) is 58.5 Å². The topological polar surface area (TPSA) is 99.6 Å². The Balaban J connectivity index is 1.49. The van der Waals surface area contributed by atoms with Gasteiger partial charge in [-0.05, 0) is 62.7 Å². The van der Waals surface area contributed by atoms with Gasteiger partial charge in [-0.25, -0.2) is 12.8 Å². The molecular weight excluding hydrogens is 668 g/mol. The normalized spacial score (nSPS) is 27.0. The Labute approximate surface area is 285 Å². The number of ether oxygens (including phenoxy) is 2. The van der Waals surface area contributed by atoms with E-state index in [4.69, 9.17) is 32.7 Å². The van der Waals surface area contributed by atoms with Gasteiger partial charge in [0.2, 0.25) is 0 Å². The average Bonchev–Trinajstić information content (AvgIpc) is 3.60. The number of amides is 1. The van der Waals surface area contributed by atoms with Crippen LogP contribution in [0, 0.1) is 11.7 Å². The summed E-state index contributed by atoms with van der Waals surface area (Å²) in [6, 6.07) is 9.51. The maximum atomic E-state index is 16.9. The number of likely N-dealkylation sites (N-methyl/N-ethyl adjacent to an activating group) is 1. The van der Waals surface area contributed by atoms with Gasteiger partial charge in [0.1, 0.15) is 5.82 Å². The van der Waals surface area contributed by atoms with Crippen LogP contribution < -0.4 is 0 Å². The monoisotopic (exact) mass is 707 g/mol. The summed E-state index contributed by atoms with van der Waals surface area (Å²) in [6.45, 7) is 5.64. The van der Waals surface area contributed by atoms with Crippen LogP contribution in [-0.2, 0) is 30.6 Å². The largest absolute Gasteiger partial charge is 0.384 e. The van der Waals surface area contributed by atoms with Gasteiger partial charge in [-0.1, -0.05) is 41.4 Å². The lowest BCUT2D eigenvalue weighted by Gasteiger charge is -2.43. The summed E-state index contributed by atoms with van der Waals surface area (Å²) >= 11 is 12.5. The molecule has 254 valence electrons. The summed E-state index contributed by atoms with van der Waals surface area (Å²) in [4.78, 5) is 20.5. The van der Waals surface area contributed by atoms with E-state index in [-0.39, 0.29) is 47.7 Å². The average molecular weight is 709 g/mol. The molecule has 4 aliphatic rings. The lowest BCUT2D eigenvalue weighted by molar-refractivity contribution is -0.147. The van der Waals surface area contributed by atoms with Crippen LogP contribution in [0.5, 0.6) is 0 Å². The molecule has 6 rings (SSSR count). The highest BCUT2D eigenvalue weighted by Gasteiger charge is 2.56. The fourth-order valence-electron chi connectivity index (χ4n) is 7.09. The number of nitrogens with zero attached hydrogens (tertiary/aromatic N) is 3. The fraction of sp³-hybridized carbons (Fsp3) is 0.500. The van der Waals surface area contributed by atoms with E-state index in [1.54, 1.807) is 43.3 Å². The van der Waals surface area contributed by atoms with E-state index < -0.39 is 44.9 Å². The number of benzene rings is 2. The summed E-state index contributed by atoms with van der Waals surface area (Å²) in [7, 11) is -1.67. The van der Waals surface area contributed by atoms with Crippen molar-refractivity contribution in [2.24, 2.45) is 5.92 Å². The highest BCUT2D eigenvalue weighted by molar-refractivity contribution is 7.94. The Kier molecular flexibility index (Phi) is 9.67. The van der Waals surface area contributed by atoms with Crippen LogP contribution in [0.2, 0.25) is 5.02 Å². The number of β-amino-alcohol motifs (C(OH)–C–C–N with tert-alkyl or cyclic N) is 1. The number of rotatable bonds is 9. The molecule has 0 radical (unpaired) electrons. The zero-order chi connectivity index (χ0) is 33.7. The molecule has 1 aliphatic carbocycles. The lowest BCUT2D eigenvalue weighted by atomic mass is 9.87. The number of carbonyl (C=O) groups excluding carboxylic acids is 1. The van der Waals surface area contributed by atoms with Gasteiger partial charge >= 0.3 is 0 Å². The van der Waals surface area contributed by atoms with Gasteiger partial charge in [-0.15, -0.1) is 0 Å². The van der Waals surface area contributed by atoms with Gasteiger partial charge in [-0.2, -0.15) is 0 Å². The van der Waals surface area contributed by atoms with Crippen molar-refractivity contribution in [3.8, 4) is 0 Å². The molecule has 0 aromatic heterocycles. The maximum Gasteiger partial charge on any atom is 0.257 e. The van der Waals surface area contributed by atoms with Gasteiger partial charge in [0, 0.05) is 73.7 Å². The van der Waals surface area contributed by atoms with E-state index in [1.165, 1.54) is 17.0 Å². The van der Waals surface area contributed by atoms with Crippen molar-refractivity contribution >= 4 is 38.9 Å². The number of piperazine rings is 1. The van der Waals surface area contributed by atoms with Crippen molar-refractivity contribution in [1.82, 2.24) is 14.7 Å². The van der Waals surface area contributed by atoms with E-state index in [9.17, 15) is 18.3 Å². The fourth-order valence-corrected chi connectivity index (χ4v) is 8.60. The third-order valence-electron chi connectivity index (χ3n) is 9.61. The maximum absolute atomic E-state index is 16.9. The molecule has 3 heterocycles. The van der Waals surface area contributed by atoms with Crippen LogP contribution >= 0.6 is 23.2 Å². The number of halogens is 3. The molecule has 4 atom stereocenters. The number of carbonyl (C=O) groups is 1. The first-order valence-corrected chi connectivity index (χ1v) is 18.4. The second-order valence-electron chi connectivity index (χ2n) is 13.2. The molecule has 0 saturated carbocycles. The van der Waals surface area contributed by atoms with Crippen LogP contribution in [0.25, 0.3) is 0 Å². The third-order valence-corrected chi connectivity index (χ3v) is 11.4. The van der Waals surface area contributed by atoms with Crippen molar-refractivity contribution in [2.45, 2.75) is 37.2 Å². The van der Waals surface area contributed by atoms with Crippen LogP contribution in [0.4, 0.5) is 4.39 Å². The Morgan fingerprint density at radius 1 is 1.15 bits per heavy atom. The predicted octanol–water partition coefficient (Wildman–Crippen LogP) is 4.47. The van der Waals surface area contributed by atoms with Crippen LogP contribution in [0.1, 0.15) is 46.8 Å². The molecule has 0 spiro atoms. The zero-order valence-corrected chi connectivity index (χ0v) is 29.0. The second kappa shape index (κ2) is 13.2. The van der Waals surface area contributed by atoms with E-state index in [1.807, 2.05) is 7.05 Å². The number of fused-ring (bicyclic) bond motifs is 1. The number of hydrogen-bond donors (Lipinski definition) is 1. The molecule has 1 N–H and O–H groups in total. The molecule has 2 saturated heterocycles. The summed E-state index contributed by atoms with van der Waals surface area (Å²) < 4.78 is 55.2. The molecular formula is C34H40Cl2FN3O6S. The highest BCUT2D eigenvalue weighted by atomic mass is 35.5. The first-order chi connectivity index (χ1) is 22.2. The van der Waals surface area contributed by atoms with Gasteiger partial charge in [0.25, 0.3) is 5.91 Å². The Bertz CT molecular complexity index is 1700. The van der Waals surface area contributed by atoms with Crippen molar-refractivity contribution in [3.63, 3.8) is 0 Å². The van der Waals surface area contributed by atoms with E-state index in [0.29, 0.717) is 28.6 Å². The minimum atomic E-state index is -3.71. The Hall–Kier alpha value is -2.35. The Morgan fingerprint density at radius 3 is 2.49 bits per heavy atom. The summed E-state index contributed by atoms with van der Waals surface area (Å²) in [5, 5.41) is 12.5. The summed E-state index contributed by atoms with van der Waals surface area (Å²) in [5.41, 5.74) is -2.49.